The summed E-state index contributed by atoms with van der Waals surface area (Å²) in [4.78, 5) is 29.5. The molecule has 1 N–H and O–H groups in total. The Labute approximate surface area is 242 Å². The average Bonchev–Trinajstić information content (AvgIpc) is 2.95. The molecule has 0 aromatic heterocycles. The fourth-order valence-electron chi connectivity index (χ4n) is 5.10. The van der Waals surface area contributed by atoms with Crippen molar-refractivity contribution in [3.05, 3.63) is 101 Å². The van der Waals surface area contributed by atoms with E-state index in [1.165, 1.54) is 4.90 Å². The number of nitrogens with one attached hydrogen (secondary N) is 1. The lowest BCUT2D eigenvalue weighted by atomic mass is 9.94. The third-order valence-electron chi connectivity index (χ3n) is 7.21. The highest BCUT2D eigenvalue weighted by molar-refractivity contribution is 7.92. The standard InChI is InChI=1S/C31H36ClN3O4S/c1-40(38,39)35(28-19-17-26(32)18-20-28)23-30(36)34(22-25-13-7-3-8-14-25)29(21-24-11-5-2-6-12-24)31(37)33-27-15-9-4-10-16-27/h2-3,5-8,11-14,17-20,27,29H,4,9-10,15-16,21-23H2,1H3,(H,33,37)/t29-/m1/s1. The van der Waals surface area contributed by atoms with E-state index < -0.39 is 28.5 Å². The molecule has 1 aliphatic carbocycles. The van der Waals surface area contributed by atoms with Crippen LogP contribution in [0.2, 0.25) is 5.02 Å². The molecule has 3 aromatic carbocycles. The van der Waals surface area contributed by atoms with Crippen molar-refractivity contribution in [1.82, 2.24) is 10.2 Å². The maximum Gasteiger partial charge on any atom is 0.244 e. The van der Waals surface area contributed by atoms with Crippen LogP contribution in [0.4, 0.5) is 5.69 Å². The quantitative estimate of drug-likeness (QED) is 0.337. The van der Waals surface area contributed by atoms with Crippen molar-refractivity contribution in [2.45, 2.75) is 57.2 Å². The van der Waals surface area contributed by atoms with Gasteiger partial charge < -0.3 is 10.2 Å². The maximum atomic E-state index is 14.1. The normalized spacial score (nSPS) is 14.8. The van der Waals surface area contributed by atoms with Crippen LogP contribution in [-0.4, -0.2) is 50.0 Å². The lowest BCUT2D eigenvalue weighted by Gasteiger charge is -2.35. The summed E-state index contributed by atoms with van der Waals surface area (Å²) in [5.74, 6) is -0.693. The molecule has 0 heterocycles. The van der Waals surface area contributed by atoms with Gasteiger partial charge in [-0.05, 0) is 48.2 Å². The molecule has 0 spiro atoms. The first-order valence-electron chi connectivity index (χ1n) is 13.6. The monoisotopic (exact) mass is 581 g/mol. The van der Waals surface area contributed by atoms with Crippen LogP contribution in [0.5, 0.6) is 0 Å². The number of carbonyl (C=O) groups is 2. The Balaban J connectivity index is 1.69. The summed E-state index contributed by atoms with van der Waals surface area (Å²) in [5, 5.41) is 3.66. The van der Waals surface area contributed by atoms with Crippen molar-refractivity contribution in [2.24, 2.45) is 0 Å². The van der Waals surface area contributed by atoms with Gasteiger partial charge in [0.1, 0.15) is 12.6 Å². The summed E-state index contributed by atoms with van der Waals surface area (Å²) in [7, 11) is -3.82. The van der Waals surface area contributed by atoms with Gasteiger partial charge in [0.25, 0.3) is 0 Å². The smallest absolute Gasteiger partial charge is 0.244 e. The van der Waals surface area contributed by atoms with E-state index in [0.29, 0.717) is 17.1 Å². The van der Waals surface area contributed by atoms with Crippen molar-refractivity contribution in [3.63, 3.8) is 0 Å². The summed E-state index contributed by atoms with van der Waals surface area (Å²) >= 11 is 6.02. The Bertz CT molecular complexity index is 1360. The van der Waals surface area contributed by atoms with E-state index in [9.17, 15) is 18.0 Å². The lowest BCUT2D eigenvalue weighted by molar-refractivity contribution is -0.140. The van der Waals surface area contributed by atoms with Gasteiger partial charge in [-0.3, -0.25) is 13.9 Å². The Morgan fingerprint density at radius 3 is 2.02 bits per heavy atom. The highest BCUT2D eigenvalue weighted by Crippen LogP contribution is 2.23. The van der Waals surface area contributed by atoms with Gasteiger partial charge in [0, 0.05) is 24.0 Å². The van der Waals surface area contributed by atoms with Crippen LogP contribution in [0.25, 0.3) is 0 Å². The summed E-state index contributed by atoms with van der Waals surface area (Å²) in [5.41, 5.74) is 2.08. The van der Waals surface area contributed by atoms with E-state index >= 15 is 0 Å². The van der Waals surface area contributed by atoms with Crippen LogP contribution in [0.1, 0.15) is 43.2 Å². The zero-order valence-electron chi connectivity index (χ0n) is 22.7. The minimum absolute atomic E-state index is 0.0646. The van der Waals surface area contributed by atoms with E-state index in [-0.39, 0.29) is 18.5 Å². The lowest BCUT2D eigenvalue weighted by Crippen LogP contribution is -2.55. The molecular formula is C31H36ClN3O4S. The molecular weight excluding hydrogens is 546 g/mol. The average molecular weight is 582 g/mol. The Hall–Kier alpha value is -3.36. The molecule has 2 amide bonds. The van der Waals surface area contributed by atoms with Gasteiger partial charge in [0.2, 0.25) is 21.8 Å². The number of nitrogens with zero attached hydrogens (tertiary/aromatic N) is 2. The maximum absolute atomic E-state index is 14.1. The molecule has 1 aliphatic rings. The van der Waals surface area contributed by atoms with E-state index in [1.54, 1.807) is 24.3 Å². The summed E-state index contributed by atoms with van der Waals surface area (Å²) < 4.78 is 26.7. The first kappa shape index (κ1) is 29.6. The molecule has 3 aromatic rings. The molecule has 4 rings (SSSR count). The summed E-state index contributed by atoms with van der Waals surface area (Å²) in [6.45, 7) is -0.289. The van der Waals surface area contributed by atoms with Crippen LogP contribution in [0.15, 0.2) is 84.9 Å². The fraction of sp³-hybridized carbons (Fsp3) is 0.355. The third-order valence-corrected chi connectivity index (χ3v) is 8.60. The highest BCUT2D eigenvalue weighted by atomic mass is 35.5. The van der Waals surface area contributed by atoms with Gasteiger partial charge in [0.15, 0.2) is 0 Å². The summed E-state index contributed by atoms with van der Waals surface area (Å²) in [6, 6.07) is 24.5. The number of benzene rings is 3. The van der Waals surface area contributed by atoms with Crippen molar-refractivity contribution in [3.8, 4) is 0 Å². The van der Waals surface area contributed by atoms with Gasteiger partial charge >= 0.3 is 0 Å². The highest BCUT2D eigenvalue weighted by Gasteiger charge is 2.34. The van der Waals surface area contributed by atoms with Gasteiger partial charge in [-0.2, -0.15) is 0 Å². The molecule has 1 fully saturated rings. The number of hydrogen-bond acceptors (Lipinski definition) is 4. The second kappa shape index (κ2) is 13.8. The molecule has 7 nitrogen and oxygen atoms in total. The largest absolute Gasteiger partial charge is 0.352 e. The minimum Gasteiger partial charge on any atom is -0.352 e. The van der Waals surface area contributed by atoms with Crippen molar-refractivity contribution < 1.29 is 18.0 Å². The zero-order valence-corrected chi connectivity index (χ0v) is 24.3. The Morgan fingerprint density at radius 1 is 0.875 bits per heavy atom. The molecule has 9 heteroatoms. The Kier molecular flexibility index (Phi) is 10.2. The topological polar surface area (TPSA) is 86.8 Å². The number of sulfonamides is 1. The number of rotatable bonds is 11. The Morgan fingerprint density at radius 2 is 1.45 bits per heavy atom. The molecule has 212 valence electrons. The van der Waals surface area contributed by atoms with Gasteiger partial charge in [-0.25, -0.2) is 8.42 Å². The van der Waals surface area contributed by atoms with Crippen molar-refractivity contribution >= 4 is 39.1 Å². The predicted molar refractivity (Wildman–Crippen MR) is 160 cm³/mol. The van der Waals surface area contributed by atoms with Crippen LogP contribution in [-0.2, 0) is 32.6 Å². The van der Waals surface area contributed by atoms with E-state index in [1.807, 2.05) is 60.7 Å². The van der Waals surface area contributed by atoms with Crippen molar-refractivity contribution in [2.75, 3.05) is 17.1 Å². The number of carbonyl (C=O) groups excluding carboxylic acids is 2. The molecule has 0 unspecified atom stereocenters. The second-order valence-electron chi connectivity index (χ2n) is 10.3. The first-order valence-corrected chi connectivity index (χ1v) is 15.8. The molecule has 0 saturated heterocycles. The number of halogens is 1. The number of hydrogen-bond donors (Lipinski definition) is 1. The van der Waals surface area contributed by atoms with Crippen LogP contribution >= 0.6 is 11.6 Å². The van der Waals surface area contributed by atoms with Crippen LogP contribution in [0, 0.1) is 0 Å². The molecule has 40 heavy (non-hydrogen) atoms. The molecule has 1 saturated carbocycles. The third kappa shape index (κ3) is 8.32. The first-order chi connectivity index (χ1) is 19.2. The van der Waals surface area contributed by atoms with Gasteiger partial charge in [-0.15, -0.1) is 0 Å². The van der Waals surface area contributed by atoms with Crippen LogP contribution < -0.4 is 9.62 Å². The molecule has 0 bridgehead atoms. The van der Waals surface area contributed by atoms with Crippen LogP contribution in [0.3, 0.4) is 0 Å². The minimum atomic E-state index is -3.82. The number of amides is 2. The second-order valence-corrected chi connectivity index (χ2v) is 12.6. The predicted octanol–water partition coefficient (Wildman–Crippen LogP) is 5.20. The van der Waals surface area contributed by atoms with Gasteiger partial charge in [-0.1, -0.05) is 91.5 Å². The number of anilines is 1. The van der Waals surface area contributed by atoms with E-state index in [0.717, 1.165) is 53.8 Å². The zero-order chi connectivity index (χ0) is 28.5. The van der Waals surface area contributed by atoms with E-state index in [2.05, 4.69) is 5.32 Å². The molecule has 0 aliphatic heterocycles. The fourth-order valence-corrected chi connectivity index (χ4v) is 6.08. The molecule has 0 radical (unpaired) electrons. The summed E-state index contributed by atoms with van der Waals surface area (Å²) in [6.07, 6.45) is 6.47. The van der Waals surface area contributed by atoms with Gasteiger partial charge in [0.05, 0.1) is 11.9 Å². The van der Waals surface area contributed by atoms with E-state index in [4.69, 9.17) is 11.6 Å². The SMILES string of the molecule is CS(=O)(=O)N(CC(=O)N(Cc1ccccc1)[C@H](Cc1ccccc1)C(=O)NC1CCCCC1)c1ccc(Cl)cc1. The van der Waals surface area contributed by atoms with Crippen molar-refractivity contribution in [1.29, 1.82) is 0 Å². The molecule has 1 atom stereocenters.